The molecule has 0 unspecified atom stereocenters. The van der Waals surface area contributed by atoms with Gasteiger partial charge in [0.05, 0.1) is 30.1 Å². The highest BCUT2D eigenvalue weighted by atomic mass is 19.4. The first-order valence-electron chi connectivity index (χ1n) is 11.9. The van der Waals surface area contributed by atoms with Crippen LogP contribution in [0.4, 0.5) is 24.7 Å². The molecule has 3 heterocycles. The maximum atomic E-state index is 13.7. The average Bonchev–Trinajstić information content (AvgIpc) is 3.51. The minimum absolute atomic E-state index is 0.148. The van der Waals surface area contributed by atoms with E-state index in [1.807, 2.05) is 19.9 Å². The number of hydrogen-bond donors (Lipinski definition) is 2. The zero-order chi connectivity index (χ0) is 27.3. The molecule has 198 valence electrons. The van der Waals surface area contributed by atoms with Crippen molar-refractivity contribution in [3.63, 3.8) is 0 Å². The Hall–Kier alpha value is -4.44. The first kappa shape index (κ1) is 26.6. The van der Waals surface area contributed by atoms with E-state index in [1.54, 1.807) is 18.2 Å². The van der Waals surface area contributed by atoms with Crippen molar-refractivity contribution in [2.75, 3.05) is 25.1 Å². The van der Waals surface area contributed by atoms with Gasteiger partial charge in [0.1, 0.15) is 6.54 Å². The van der Waals surface area contributed by atoms with E-state index in [2.05, 4.69) is 25.7 Å². The Morgan fingerprint density at radius 3 is 2.76 bits per heavy atom. The minimum atomic E-state index is -4.72. The maximum Gasteiger partial charge on any atom is 0.435 e. The van der Waals surface area contributed by atoms with Crippen LogP contribution in [0.5, 0.6) is 0 Å². The van der Waals surface area contributed by atoms with Gasteiger partial charge in [-0.1, -0.05) is 6.92 Å². The number of carbonyl (C=O) groups is 1. The second kappa shape index (κ2) is 11.3. The van der Waals surface area contributed by atoms with Gasteiger partial charge < -0.3 is 15.4 Å². The van der Waals surface area contributed by atoms with Crippen LogP contribution < -0.4 is 10.6 Å². The number of nitriles is 1. The molecule has 0 saturated heterocycles. The van der Waals surface area contributed by atoms with Gasteiger partial charge in [0, 0.05) is 43.0 Å². The highest BCUT2D eigenvalue weighted by Gasteiger charge is 2.38. The SMILES string of the molecule is CCOCCNC(=O)c1ccc(Nc2nccn3c(-c4cn(CC#N)nc4C(F)(F)F)cnc23)cc1CC. The van der Waals surface area contributed by atoms with Gasteiger partial charge in [-0.3, -0.25) is 13.9 Å². The summed E-state index contributed by atoms with van der Waals surface area (Å²) in [7, 11) is 0. The van der Waals surface area contributed by atoms with Crippen LogP contribution in [0.3, 0.4) is 0 Å². The lowest BCUT2D eigenvalue weighted by atomic mass is 10.0. The van der Waals surface area contributed by atoms with Crippen molar-refractivity contribution >= 4 is 23.1 Å². The summed E-state index contributed by atoms with van der Waals surface area (Å²) in [6, 6.07) is 7.03. The molecular formula is C25H25F3N8O2. The molecule has 4 aromatic rings. The molecule has 0 atom stereocenters. The average molecular weight is 527 g/mol. The van der Waals surface area contributed by atoms with E-state index in [-0.39, 0.29) is 23.7 Å². The van der Waals surface area contributed by atoms with E-state index in [4.69, 9.17) is 10.00 Å². The molecule has 0 radical (unpaired) electrons. The van der Waals surface area contributed by atoms with Gasteiger partial charge >= 0.3 is 6.18 Å². The van der Waals surface area contributed by atoms with Crippen molar-refractivity contribution in [3.05, 3.63) is 59.8 Å². The number of aromatic nitrogens is 5. The Morgan fingerprint density at radius 1 is 1.24 bits per heavy atom. The Morgan fingerprint density at radius 2 is 2.05 bits per heavy atom. The van der Waals surface area contributed by atoms with Crippen LogP contribution in [-0.4, -0.2) is 49.8 Å². The van der Waals surface area contributed by atoms with Crippen LogP contribution in [0.15, 0.2) is 43.0 Å². The van der Waals surface area contributed by atoms with E-state index in [0.29, 0.717) is 48.9 Å². The molecule has 0 saturated carbocycles. The highest BCUT2D eigenvalue weighted by Crippen LogP contribution is 2.37. The number of benzene rings is 1. The number of ether oxygens (including phenoxy) is 1. The van der Waals surface area contributed by atoms with Crippen molar-refractivity contribution in [2.45, 2.75) is 33.0 Å². The third-order valence-corrected chi connectivity index (χ3v) is 5.70. The number of nitrogens with zero attached hydrogens (tertiary/aromatic N) is 6. The molecule has 3 aromatic heterocycles. The summed E-state index contributed by atoms with van der Waals surface area (Å²) in [6.45, 7) is 4.88. The third kappa shape index (κ3) is 5.60. The van der Waals surface area contributed by atoms with Crippen LogP contribution in [0.25, 0.3) is 16.9 Å². The van der Waals surface area contributed by atoms with Gasteiger partial charge in [0.2, 0.25) is 0 Å². The lowest BCUT2D eigenvalue weighted by Crippen LogP contribution is -2.28. The normalized spacial score (nSPS) is 11.5. The fourth-order valence-electron chi connectivity index (χ4n) is 3.98. The van der Waals surface area contributed by atoms with Gasteiger partial charge in [-0.05, 0) is 37.1 Å². The summed E-state index contributed by atoms with van der Waals surface area (Å²) in [6.07, 6.45) is 1.29. The van der Waals surface area contributed by atoms with Crippen LogP contribution in [0, 0.1) is 11.3 Å². The van der Waals surface area contributed by atoms with Crippen LogP contribution in [-0.2, 0) is 23.9 Å². The lowest BCUT2D eigenvalue weighted by Gasteiger charge is -2.13. The number of anilines is 2. The van der Waals surface area contributed by atoms with E-state index >= 15 is 0 Å². The molecule has 1 aromatic carbocycles. The van der Waals surface area contributed by atoms with Crippen molar-refractivity contribution < 1.29 is 22.7 Å². The van der Waals surface area contributed by atoms with E-state index in [9.17, 15) is 18.0 Å². The Labute approximate surface area is 216 Å². The summed E-state index contributed by atoms with van der Waals surface area (Å²) in [4.78, 5) is 21.2. The summed E-state index contributed by atoms with van der Waals surface area (Å²) in [5.74, 6) is 0.108. The molecule has 1 amide bonds. The molecule has 0 aliphatic heterocycles. The number of rotatable bonds is 10. The molecule has 4 rings (SSSR count). The quantitative estimate of drug-likeness (QED) is 0.297. The number of amides is 1. The molecule has 2 N–H and O–H groups in total. The number of halogens is 3. The molecule has 13 heteroatoms. The van der Waals surface area contributed by atoms with E-state index in [1.165, 1.54) is 29.2 Å². The summed E-state index contributed by atoms with van der Waals surface area (Å²) < 4.78 is 48.7. The number of fused-ring (bicyclic) bond motifs is 1. The predicted octanol–water partition coefficient (Wildman–Crippen LogP) is 4.21. The third-order valence-electron chi connectivity index (χ3n) is 5.70. The Kier molecular flexibility index (Phi) is 7.92. The van der Waals surface area contributed by atoms with Gasteiger partial charge in [-0.15, -0.1) is 0 Å². The molecular weight excluding hydrogens is 501 g/mol. The largest absolute Gasteiger partial charge is 0.435 e. The number of hydrogen-bond acceptors (Lipinski definition) is 7. The van der Waals surface area contributed by atoms with Gasteiger partial charge in [-0.2, -0.15) is 23.5 Å². The summed E-state index contributed by atoms with van der Waals surface area (Å²) in [5, 5.41) is 18.4. The first-order valence-corrected chi connectivity index (χ1v) is 11.9. The van der Waals surface area contributed by atoms with Crippen molar-refractivity contribution in [2.24, 2.45) is 0 Å². The molecule has 0 bridgehead atoms. The van der Waals surface area contributed by atoms with E-state index < -0.39 is 11.9 Å². The molecule has 0 fully saturated rings. The van der Waals surface area contributed by atoms with Crippen LogP contribution >= 0.6 is 0 Å². The second-order valence-electron chi connectivity index (χ2n) is 8.16. The lowest BCUT2D eigenvalue weighted by molar-refractivity contribution is -0.141. The fraction of sp³-hybridized carbons (Fsp3) is 0.320. The van der Waals surface area contributed by atoms with Gasteiger partial charge in [-0.25, -0.2) is 9.97 Å². The second-order valence-corrected chi connectivity index (χ2v) is 8.16. The molecule has 38 heavy (non-hydrogen) atoms. The van der Waals surface area contributed by atoms with Crippen LogP contribution in [0.2, 0.25) is 0 Å². The molecule has 10 nitrogen and oxygen atoms in total. The van der Waals surface area contributed by atoms with Crippen molar-refractivity contribution in [1.29, 1.82) is 5.26 Å². The molecule has 0 aliphatic carbocycles. The molecule has 0 aliphatic rings. The fourth-order valence-corrected chi connectivity index (χ4v) is 3.98. The smallest absolute Gasteiger partial charge is 0.380 e. The van der Waals surface area contributed by atoms with Crippen molar-refractivity contribution in [3.8, 4) is 17.3 Å². The highest BCUT2D eigenvalue weighted by molar-refractivity contribution is 5.96. The number of carbonyl (C=O) groups excluding carboxylic acids is 1. The summed E-state index contributed by atoms with van der Waals surface area (Å²) in [5.41, 5.74) is 1.11. The number of aryl methyl sites for hydroxylation is 1. The monoisotopic (exact) mass is 526 g/mol. The summed E-state index contributed by atoms with van der Waals surface area (Å²) >= 11 is 0. The standard InChI is InChI=1S/C25H25F3N8O2/c1-3-16-13-17(5-6-18(16)24(37)31-9-12-38-4-2)33-22-23-32-14-20(36(23)11-8-30-22)19-15-35(10-7-29)34-21(19)25(26,27)28/h5-6,8,11,13-15H,3-4,9-10,12H2,1-2H3,(H,30,33)(H,31,37). The minimum Gasteiger partial charge on any atom is -0.380 e. The molecule has 0 spiro atoms. The van der Waals surface area contributed by atoms with Gasteiger partial charge in [0.15, 0.2) is 17.2 Å². The number of imidazole rings is 1. The topological polar surface area (TPSA) is 122 Å². The van der Waals surface area contributed by atoms with Gasteiger partial charge in [0.25, 0.3) is 5.91 Å². The Balaban J connectivity index is 1.64. The number of alkyl halides is 3. The van der Waals surface area contributed by atoms with E-state index in [0.717, 1.165) is 10.2 Å². The first-order chi connectivity index (χ1) is 18.3. The zero-order valence-electron chi connectivity index (χ0n) is 20.7. The van der Waals surface area contributed by atoms with Crippen molar-refractivity contribution in [1.82, 2.24) is 29.5 Å². The Bertz CT molecular complexity index is 1490. The number of nitrogens with one attached hydrogen (secondary N) is 2. The predicted molar refractivity (Wildman–Crippen MR) is 133 cm³/mol. The van der Waals surface area contributed by atoms with Crippen LogP contribution in [0.1, 0.15) is 35.5 Å². The zero-order valence-corrected chi connectivity index (χ0v) is 20.7. The maximum absolute atomic E-state index is 13.7.